The van der Waals surface area contributed by atoms with Gasteiger partial charge in [0.05, 0.1) is 12.3 Å². The second-order valence-corrected chi connectivity index (χ2v) is 7.16. The summed E-state index contributed by atoms with van der Waals surface area (Å²) in [5.41, 5.74) is 2.60. The molecule has 2 aliphatic heterocycles. The first-order chi connectivity index (χ1) is 12.4. The second-order valence-electron chi connectivity index (χ2n) is 7.16. The van der Waals surface area contributed by atoms with E-state index in [2.05, 4.69) is 39.4 Å². The zero-order valence-corrected chi connectivity index (χ0v) is 14.7. The third-order valence-corrected chi connectivity index (χ3v) is 5.31. The number of rotatable bonds is 6. The highest BCUT2D eigenvalue weighted by Crippen LogP contribution is 2.29. The van der Waals surface area contributed by atoms with E-state index in [4.69, 9.17) is 9.47 Å². The number of ether oxygens (including phenoxy) is 2. The Hall–Kier alpha value is -1.85. The van der Waals surface area contributed by atoms with Crippen LogP contribution in [0.3, 0.4) is 0 Å². The summed E-state index contributed by atoms with van der Waals surface area (Å²) in [6, 6.07) is 8.43. The van der Waals surface area contributed by atoms with Crippen LogP contribution in [0.2, 0.25) is 0 Å². The minimum absolute atomic E-state index is 0.258. The molecule has 0 spiro atoms. The summed E-state index contributed by atoms with van der Waals surface area (Å²) in [5, 5.41) is 7.05. The number of hydrogen-bond donors (Lipinski definition) is 1. The molecule has 0 radical (unpaired) electrons. The van der Waals surface area contributed by atoms with Crippen molar-refractivity contribution in [2.24, 2.45) is 0 Å². The Kier molecular flexibility index (Phi) is 5.33. The van der Waals surface area contributed by atoms with Crippen LogP contribution < -0.4 is 4.74 Å². The van der Waals surface area contributed by atoms with Crippen molar-refractivity contribution in [3.05, 3.63) is 47.8 Å². The molecule has 5 nitrogen and oxygen atoms in total. The highest BCUT2D eigenvalue weighted by atomic mass is 16.5. The van der Waals surface area contributed by atoms with Gasteiger partial charge in [-0.05, 0) is 49.8 Å². The fourth-order valence-electron chi connectivity index (χ4n) is 3.93. The lowest BCUT2D eigenvalue weighted by Crippen LogP contribution is -2.34. The van der Waals surface area contributed by atoms with Gasteiger partial charge in [0.25, 0.3) is 0 Å². The Morgan fingerprint density at radius 1 is 1.24 bits per heavy atom. The molecule has 2 saturated heterocycles. The van der Waals surface area contributed by atoms with Crippen molar-refractivity contribution in [2.75, 3.05) is 26.3 Å². The maximum absolute atomic E-state index is 6.10. The standard InChI is InChI=1S/C20H27N3O2/c1-2-8-20(25-15-19-7-4-10-24-19)17(5-1)14-23-9-3-6-16(13-23)18-11-21-22-12-18/h1-2,5,8,11-12,16,19H,3-4,6-7,9-10,13-15H2,(H,21,22). The van der Waals surface area contributed by atoms with Gasteiger partial charge < -0.3 is 9.47 Å². The molecule has 0 aliphatic carbocycles. The molecule has 3 heterocycles. The zero-order valence-electron chi connectivity index (χ0n) is 14.7. The quantitative estimate of drug-likeness (QED) is 0.875. The molecule has 4 rings (SSSR count). The smallest absolute Gasteiger partial charge is 0.123 e. The predicted octanol–water partition coefficient (Wildman–Crippen LogP) is 3.35. The number of benzene rings is 1. The van der Waals surface area contributed by atoms with Crippen LogP contribution in [0.5, 0.6) is 5.75 Å². The summed E-state index contributed by atoms with van der Waals surface area (Å²) in [6.45, 7) is 4.71. The molecule has 1 aromatic heterocycles. The average Bonchev–Trinajstić information content (AvgIpc) is 3.35. The highest BCUT2D eigenvalue weighted by Gasteiger charge is 2.23. The van der Waals surface area contributed by atoms with Crippen LogP contribution >= 0.6 is 0 Å². The van der Waals surface area contributed by atoms with Crippen LogP contribution in [0.4, 0.5) is 0 Å². The maximum Gasteiger partial charge on any atom is 0.123 e. The van der Waals surface area contributed by atoms with E-state index < -0.39 is 0 Å². The topological polar surface area (TPSA) is 50.4 Å². The van der Waals surface area contributed by atoms with Crippen LogP contribution in [0, 0.1) is 0 Å². The van der Waals surface area contributed by atoms with Crippen molar-refractivity contribution >= 4 is 0 Å². The van der Waals surface area contributed by atoms with E-state index in [1.807, 2.05) is 12.4 Å². The number of aromatic nitrogens is 2. The fraction of sp³-hybridized carbons (Fsp3) is 0.550. The monoisotopic (exact) mass is 341 g/mol. The van der Waals surface area contributed by atoms with Gasteiger partial charge in [-0.1, -0.05) is 18.2 Å². The largest absolute Gasteiger partial charge is 0.491 e. The highest BCUT2D eigenvalue weighted by molar-refractivity contribution is 5.33. The first-order valence-electron chi connectivity index (χ1n) is 9.42. The number of likely N-dealkylation sites (tertiary alicyclic amines) is 1. The van der Waals surface area contributed by atoms with Gasteiger partial charge in [0.1, 0.15) is 12.4 Å². The van der Waals surface area contributed by atoms with E-state index in [9.17, 15) is 0 Å². The lowest BCUT2D eigenvalue weighted by molar-refractivity contribution is 0.0671. The van der Waals surface area contributed by atoms with Gasteiger partial charge in [-0.2, -0.15) is 5.10 Å². The Bertz CT molecular complexity index is 653. The van der Waals surface area contributed by atoms with E-state index in [1.54, 1.807) is 0 Å². The van der Waals surface area contributed by atoms with Gasteiger partial charge in [-0.3, -0.25) is 10.00 Å². The molecular weight excluding hydrogens is 314 g/mol. The maximum atomic E-state index is 6.10. The Labute approximate surface area is 149 Å². The van der Waals surface area contributed by atoms with Crippen LogP contribution in [0.15, 0.2) is 36.7 Å². The van der Waals surface area contributed by atoms with Crippen LogP contribution in [0.1, 0.15) is 42.7 Å². The molecular formula is C20H27N3O2. The van der Waals surface area contributed by atoms with Crippen molar-refractivity contribution < 1.29 is 9.47 Å². The minimum atomic E-state index is 0.258. The van der Waals surface area contributed by atoms with Gasteiger partial charge >= 0.3 is 0 Å². The van der Waals surface area contributed by atoms with Crippen molar-refractivity contribution in [1.82, 2.24) is 15.1 Å². The van der Waals surface area contributed by atoms with Gasteiger partial charge in [0.15, 0.2) is 0 Å². The number of nitrogens with zero attached hydrogens (tertiary/aromatic N) is 2. The summed E-state index contributed by atoms with van der Waals surface area (Å²) >= 11 is 0. The molecule has 2 unspecified atom stereocenters. The van der Waals surface area contributed by atoms with Gasteiger partial charge in [-0.15, -0.1) is 0 Å². The van der Waals surface area contributed by atoms with Crippen LogP contribution in [-0.4, -0.2) is 47.5 Å². The van der Waals surface area contributed by atoms with Crippen LogP contribution in [0.25, 0.3) is 0 Å². The molecule has 134 valence electrons. The number of hydrogen-bond acceptors (Lipinski definition) is 4. The minimum Gasteiger partial charge on any atom is -0.491 e. The third-order valence-electron chi connectivity index (χ3n) is 5.31. The van der Waals surface area contributed by atoms with E-state index in [1.165, 1.54) is 24.0 Å². The molecule has 1 N–H and O–H groups in total. The Morgan fingerprint density at radius 3 is 3.04 bits per heavy atom. The van der Waals surface area contributed by atoms with E-state index >= 15 is 0 Å². The zero-order chi connectivity index (χ0) is 16.9. The normalized spacial score (nSPS) is 24.5. The molecule has 1 aromatic carbocycles. The fourth-order valence-corrected chi connectivity index (χ4v) is 3.93. The molecule has 2 fully saturated rings. The van der Waals surface area contributed by atoms with Crippen molar-refractivity contribution in [2.45, 2.75) is 44.2 Å². The lowest BCUT2D eigenvalue weighted by atomic mass is 9.92. The summed E-state index contributed by atoms with van der Waals surface area (Å²) in [7, 11) is 0. The molecule has 5 heteroatoms. The van der Waals surface area contributed by atoms with E-state index in [0.29, 0.717) is 12.5 Å². The van der Waals surface area contributed by atoms with E-state index in [0.717, 1.165) is 44.8 Å². The number of H-pyrrole nitrogens is 1. The van der Waals surface area contributed by atoms with Gasteiger partial charge in [0.2, 0.25) is 0 Å². The SMILES string of the molecule is c1ccc(OCC2CCCO2)c(CN2CCCC(c3cn[nH]c3)C2)c1. The summed E-state index contributed by atoms with van der Waals surface area (Å²) in [6.07, 6.45) is 9.00. The number of aromatic amines is 1. The van der Waals surface area contributed by atoms with E-state index in [-0.39, 0.29) is 6.10 Å². The molecule has 25 heavy (non-hydrogen) atoms. The van der Waals surface area contributed by atoms with Gasteiger partial charge in [0, 0.05) is 31.5 Å². The molecule has 0 amide bonds. The number of piperidine rings is 1. The predicted molar refractivity (Wildman–Crippen MR) is 96.8 cm³/mol. The first kappa shape index (κ1) is 16.6. The first-order valence-corrected chi connectivity index (χ1v) is 9.42. The summed E-state index contributed by atoms with van der Waals surface area (Å²) < 4.78 is 11.8. The Morgan fingerprint density at radius 2 is 2.20 bits per heavy atom. The summed E-state index contributed by atoms with van der Waals surface area (Å²) in [5.74, 6) is 1.58. The third kappa shape index (κ3) is 4.22. The van der Waals surface area contributed by atoms with Crippen LogP contribution in [-0.2, 0) is 11.3 Å². The molecule has 0 saturated carbocycles. The molecule has 2 aromatic rings. The molecule has 2 atom stereocenters. The molecule has 2 aliphatic rings. The Balaban J connectivity index is 1.38. The summed E-state index contributed by atoms with van der Waals surface area (Å²) in [4.78, 5) is 2.54. The average molecular weight is 341 g/mol. The van der Waals surface area contributed by atoms with Crippen molar-refractivity contribution in [1.29, 1.82) is 0 Å². The second kappa shape index (κ2) is 8.02. The van der Waals surface area contributed by atoms with Gasteiger partial charge in [-0.25, -0.2) is 0 Å². The molecule has 0 bridgehead atoms. The lowest BCUT2D eigenvalue weighted by Gasteiger charge is -2.32. The van der Waals surface area contributed by atoms with Crippen molar-refractivity contribution in [3.8, 4) is 5.75 Å². The number of para-hydroxylation sites is 1. The van der Waals surface area contributed by atoms with Crippen molar-refractivity contribution in [3.63, 3.8) is 0 Å². The number of nitrogens with one attached hydrogen (secondary N) is 1.